The van der Waals surface area contributed by atoms with Gasteiger partial charge in [-0.05, 0) is 6.92 Å². The average molecular weight is 273 g/mol. The van der Waals surface area contributed by atoms with E-state index in [9.17, 15) is 9.59 Å². The molecule has 18 heavy (non-hydrogen) atoms. The fourth-order valence-corrected chi connectivity index (χ4v) is 2.10. The van der Waals surface area contributed by atoms with E-state index in [-0.39, 0.29) is 18.9 Å². The summed E-state index contributed by atoms with van der Waals surface area (Å²) >= 11 is 1.09. The fourth-order valence-electron chi connectivity index (χ4n) is 1.35. The number of thiazole rings is 1. The number of ether oxygens (including phenoxy) is 1. The van der Waals surface area contributed by atoms with Crippen LogP contribution in [0.1, 0.15) is 21.8 Å². The summed E-state index contributed by atoms with van der Waals surface area (Å²) in [5.74, 6) is -1.30. The van der Waals surface area contributed by atoms with Crippen LogP contribution >= 0.6 is 11.3 Å². The first-order valence-electron chi connectivity index (χ1n) is 5.19. The van der Waals surface area contributed by atoms with Crippen LogP contribution in [0.4, 0.5) is 5.13 Å². The van der Waals surface area contributed by atoms with Gasteiger partial charge in [0.2, 0.25) is 0 Å². The van der Waals surface area contributed by atoms with Crippen LogP contribution in [0.15, 0.2) is 0 Å². The predicted octanol–water partition coefficient (Wildman–Crippen LogP) is 0.253. The van der Waals surface area contributed by atoms with Gasteiger partial charge in [0, 0.05) is 13.7 Å². The molecule has 0 saturated carbocycles. The number of carbonyl (C=O) groups is 2. The van der Waals surface area contributed by atoms with E-state index in [4.69, 9.17) is 15.6 Å². The van der Waals surface area contributed by atoms with Gasteiger partial charge >= 0.3 is 5.97 Å². The molecule has 1 heterocycles. The normalized spacial score (nSPS) is 12.1. The van der Waals surface area contributed by atoms with E-state index in [0.29, 0.717) is 15.7 Å². The lowest BCUT2D eigenvalue weighted by Crippen LogP contribution is -2.34. The van der Waals surface area contributed by atoms with Crippen LogP contribution in [-0.2, 0) is 9.53 Å². The Kier molecular flexibility index (Phi) is 5.05. The molecule has 100 valence electrons. The number of rotatable bonds is 6. The molecule has 1 amide bonds. The van der Waals surface area contributed by atoms with Crippen molar-refractivity contribution in [3.05, 3.63) is 10.6 Å². The van der Waals surface area contributed by atoms with Crippen molar-refractivity contribution in [2.45, 2.75) is 19.4 Å². The van der Waals surface area contributed by atoms with Crippen LogP contribution in [0.2, 0.25) is 0 Å². The molecule has 0 aliphatic rings. The Morgan fingerprint density at radius 2 is 2.28 bits per heavy atom. The number of nitrogens with zero attached hydrogens (tertiary/aromatic N) is 1. The highest BCUT2D eigenvalue weighted by Gasteiger charge is 2.17. The molecule has 0 aliphatic carbocycles. The summed E-state index contributed by atoms with van der Waals surface area (Å²) < 4.78 is 4.95. The second kappa shape index (κ2) is 6.31. The molecule has 8 heteroatoms. The molecule has 7 nitrogen and oxygen atoms in total. The molecule has 0 aliphatic heterocycles. The van der Waals surface area contributed by atoms with Crippen LogP contribution in [-0.4, -0.2) is 41.7 Å². The number of carboxylic acid groups (broad SMARTS) is 1. The van der Waals surface area contributed by atoms with Gasteiger partial charge in [-0.1, -0.05) is 11.3 Å². The van der Waals surface area contributed by atoms with Gasteiger partial charge in [-0.2, -0.15) is 0 Å². The maximum absolute atomic E-state index is 11.8. The van der Waals surface area contributed by atoms with E-state index >= 15 is 0 Å². The zero-order valence-corrected chi connectivity index (χ0v) is 10.9. The highest BCUT2D eigenvalue weighted by Crippen LogP contribution is 2.19. The third-order valence-corrected chi connectivity index (χ3v) is 3.23. The number of carbonyl (C=O) groups excluding carboxylic acids is 1. The summed E-state index contributed by atoms with van der Waals surface area (Å²) in [6.45, 7) is 1.81. The lowest BCUT2D eigenvalue weighted by molar-refractivity contribution is -0.139. The zero-order chi connectivity index (χ0) is 13.7. The lowest BCUT2D eigenvalue weighted by Gasteiger charge is -2.13. The van der Waals surface area contributed by atoms with Crippen LogP contribution in [0.3, 0.4) is 0 Å². The van der Waals surface area contributed by atoms with Gasteiger partial charge in [-0.25, -0.2) is 4.98 Å². The molecule has 0 fully saturated rings. The van der Waals surface area contributed by atoms with Crippen molar-refractivity contribution < 1.29 is 19.4 Å². The molecule has 1 aromatic heterocycles. The molecule has 4 N–H and O–H groups in total. The Morgan fingerprint density at radius 3 is 2.72 bits per heavy atom. The second-order valence-electron chi connectivity index (χ2n) is 3.63. The number of nitrogens with one attached hydrogen (secondary N) is 1. The van der Waals surface area contributed by atoms with Crippen molar-refractivity contribution >= 4 is 28.3 Å². The standard InChI is InChI=1S/C10H15N3O4S/c1-5-8(18-10(11)13-5)9(16)12-4-6(17-2)3-7(14)15/h6H,3-4H2,1-2H3,(H2,11,13)(H,12,16)(H,14,15). The SMILES string of the molecule is COC(CNC(=O)c1sc(N)nc1C)CC(=O)O. The number of hydrogen-bond acceptors (Lipinski definition) is 6. The van der Waals surface area contributed by atoms with E-state index in [1.54, 1.807) is 6.92 Å². The van der Waals surface area contributed by atoms with Gasteiger partial charge in [0.1, 0.15) is 4.88 Å². The molecule has 1 unspecified atom stereocenters. The third-order valence-electron chi connectivity index (χ3n) is 2.25. The summed E-state index contributed by atoms with van der Waals surface area (Å²) in [5, 5.41) is 11.6. The molecular weight excluding hydrogens is 258 g/mol. The summed E-state index contributed by atoms with van der Waals surface area (Å²) in [6, 6.07) is 0. The van der Waals surface area contributed by atoms with Crippen molar-refractivity contribution in [2.75, 3.05) is 19.4 Å². The van der Waals surface area contributed by atoms with Gasteiger partial charge in [-0.15, -0.1) is 0 Å². The minimum atomic E-state index is -0.977. The molecular formula is C10H15N3O4S. The topological polar surface area (TPSA) is 115 Å². The van der Waals surface area contributed by atoms with E-state index in [1.807, 2.05) is 0 Å². The number of aryl methyl sites for hydroxylation is 1. The summed E-state index contributed by atoms with van der Waals surface area (Å²) in [5.41, 5.74) is 6.05. The third kappa shape index (κ3) is 3.97. The number of methoxy groups -OCH3 is 1. The van der Waals surface area contributed by atoms with E-state index in [2.05, 4.69) is 10.3 Å². The Balaban J connectivity index is 2.55. The Morgan fingerprint density at radius 1 is 1.61 bits per heavy atom. The number of hydrogen-bond donors (Lipinski definition) is 3. The van der Waals surface area contributed by atoms with Crippen molar-refractivity contribution in [3.63, 3.8) is 0 Å². The molecule has 0 spiro atoms. The lowest BCUT2D eigenvalue weighted by atomic mass is 10.2. The van der Waals surface area contributed by atoms with Gasteiger partial charge in [0.05, 0.1) is 18.2 Å². The summed E-state index contributed by atoms with van der Waals surface area (Å²) in [6.07, 6.45) is -0.724. The smallest absolute Gasteiger partial charge is 0.306 e. The van der Waals surface area contributed by atoms with Gasteiger partial charge in [0.25, 0.3) is 5.91 Å². The average Bonchev–Trinajstić information content (AvgIpc) is 2.62. The monoisotopic (exact) mass is 273 g/mol. The Bertz CT molecular complexity index is 446. The summed E-state index contributed by atoms with van der Waals surface area (Å²) in [7, 11) is 1.40. The first-order chi connectivity index (χ1) is 8.43. The predicted molar refractivity (Wildman–Crippen MR) is 66.6 cm³/mol. The minimum Gasteiger partial charge on any atom is -0.481 e. The highest BCUT2D eigenvalue weighted by molar-refractivity contribution is 7.17. The van der Waals surface area contributed by atoms with Gasteiger partial charge < -0.3 is 20.9 Å². The van der Waals surface area contributed by atoms with Crippen molar-refractivity contribution in [1.82, 2.24) is 10.3 Å². The first-order valence-corrected chi connectivity index (χ1v) is 6.01. The molecule has 0 bridgehead atoms. The molecule has 1 rings (SSSR count). The Labute approximate surface area is 108 Å². The van der Waals surface area contributed by atoms with Gasteiger partial charge in [-0.3, -0.25) is 9.59 Å². The van der Waals surface area contributed by atoms with Crippen LogP contribution in [0, 0.1) is 6.92 Å². The van der Waals surface area contributed by atoms with Gasteiger partial charge in [0.15, 0.2) is 5.13 Å². The molecule has 0 saturated heterocycles. The minimum absolute atomic E-state index is 0.124. The van der Waals surface area contributed by atoms with Crippen molar-refractivity contribution in [1.29, 1.82) is 0 Å². The largest absolute Gasteiger partial charge is 0.481 e. The maximum Gasteiger partial charge on any atom is 0.306 e. The van der Waals surface area contributed by atoms with Crippen LogP contribution < -0.4 is 11.1 Å². The second-order valence-corrected chi connectivity index (χ2v) is 4.66. The summed E-state index contributed by atoms with van der Waals surface area (Å²) in [4.78, 5) is 26.7. The number of anilines is 1. The quantitative estimate of drug-likeness (QED) is 0.684. The molecule has 0 radical (unpaired) electrons. The molecule has 0 aromatic carbocycles. The van der Waals surface area contributed by atoms with Crippen molar-refractivity contribution in [3.8, 4) is 0 Å². The molecule has 1 aromatic rings. The highest BCUT2D eigenvalue weighted by atomic mass is 32.1. The van der Waals surface area contributed by atoms with Crippen molar-refractivity contribution in [2.24, 2.45) is 0 Å². The fraction of sp³-hybridized carbons (Fsp3) is 0.500. The maximum atomic E-state index is 11.8. The van der Waals surface area contributed by atoms with E-state index in [1.165, 1.54) is 7.11 Å². The Hall–Kier alpha value is -1.67. The first kappa shape index (κ1) is 14.4. The number of amides is 1. The number of aliphatic carboxylic acids is 1. The van der Waals surface area contributed by atoms with E-state index in [0.717, 1.165) is 11.3 Å². The molecule has 1 atom stereocenters. The van der Waals surface area contributed by atoms with Crippen LogP contribution in [0.5, 0.6) is 0 Å². The number of nitrogen functional groups attached to an aromatic ring is 1. The zero-order valence-electron chi connectivity index (χ0n) is 10.1. The van der Waals surface area contributed by atoms with Crippen LogP contribution in [0.25, 0.3) is 0 Å². The van der Waals surface area contributed by atoms with E-state index < -0.39 is 12.1 Å². The number of aromatic nitrogens is 1. The number of carboxylic acids is 1. The number of nitrogens with two attached hydrogens (primary N) is 1.